The predicted octanol–water partition coefficient (Wildman–Crippen LogP) is 1.79. The summed E-state index contributed by atoms with van der Waals surface area (Å²) in [6.07, 6.45) is 8.70. The Morgan fingerprint density at radius 3 is 2.61 bits per heavy atom. The van der Waals surface area contributed by atoms with Crippen LogP contribution in [0.3, 0.4) is 0 Å². The van der Waals surface area contributed by atoms with Crippen LogP contribution in [0.5, 0.6) is 0 Å². The van der Waals surface area contributed by atoms with Gasteiger partial charge in [-0.15, -0.1) is 0 Å². The molecular formula is C16H14FN3O2S. The molecule has 1 aromatic carbocycles. The number of aromatic nitrogens is 1. The number of sulfonamides is 1. The molecule has 0 aliphatic carbocycles. The fraction of sp³-hybridized carbons (Fsp3) is 0.125. The van der Waals surface area contributed by atoms with Gasteiger partial charge in [0.15, 0.2) is 0 Å². The summed E-state index contributed by atoms with van der Waals surface area (Å²) in [6.45, 7) is 0.378. The third kappa shape index (κ3) is 2.80. The average Bonchev–Trinajstić information content (AvgIpc) is 2.55. The molecule has 0 fully saturated rings. The molecule has 5 nitrogen and oxygen atoms in total. The first-order valence-corrected chi connectivity index (χ1v) is 8.39. The zero-order chi connectivity index (χ0) is 16.5. The minimum atomic E-state index is -4.10. The molecule has 0 bridgehead atoms. The van der Waals surface area contributed by atoms with Crippen molar-refractivity contribution in [2.45, 2.75) is 10.3 Å². The molecule has 2 heterocycles. The second-order valence-electron chi connectivity index (χ2n) is 5.25. The lowest BCUT2D eigenvalue weighted by molar-refractivity contribution is 0.561. The lowest BCUT2D eigenvalue weighted by Crippen LogP contribution is -2.31. The number of halogens is 1. The number of dihydropyridines is 1. The molecule has 2 N–H and O–H groups in total. The molecular weight excluding hydrogens is 317 g/mol. The summed E-state index contributed by atoms with van der Waals surface area (Å²) in [5.41, 5.74) is 0.736. The maximum atomic E-state index is 14.2. The van der Waals surface area contributed by atoms with E-state index in [9.17, 15) is 12.8 Å². The number of primary sulfonamides is 1. The van der Waals surface area contributed by atoms with Crippen LogP contribution in [-0.2, 0) is 15.4 Å². The van der Waals surface area contributed by atoms with Crippen LogP contribution in [0.4, 0.5) is 4.39 Å². The van der Waals surface area contributed by atoms with Crippen LogP contribution in [0.2, 0.25) is 0 Å². The predicted molar refractivity (Wildman–Crippen MR) is 85.3 cm³/mol. The highest BCUT2D eigenvalue weighted by Gasteiger charge is 2.34. The number of rotatable bonds is 3. The first-order chi connectivity index (χ1) is 10.9. The normalized spacial score (nSPS) is 20.6. The highest BCUT2D eigenvalue weighted by atomic mass is 32.2. The van der Waals surface area contributed by atoms with E-state index in [2.05, 4.69) is 9.98 Å². The van der Waals surface area contributed by atoms with Crippen molar-refractivity contribution in [3.05, 3.63) is 71.8 Å². The van der Waals surface area contributed by atoms with E-state index in [1.165, 1.54) is 12.1 Å². The SMILES string of the molecule is NS(=O)(=O)c1ccc(C2(c3cccnc3)C=CC=NC2)cc1F. The Balaban J connectivity index is 2.18. The zero-order valence-corrected chi connectivity index (χ0v) is 12.9. The number of hydrogen-bond acceptors (Lipinski definition) is 4. The summed E-state index contributed by atoms with van der Waals surface area (Å²) in [6, 6.07) is 7.60. The van der Waals surface area contributed by atoms with Crippen molar-refractivity contribution >= 4 is 16.2 Å². The fourth-order valence-electron chi connectivity index (χ4n) is 2.69. The molecule has 1 aliphatic rings. The Labute approximate surface area is 133 Å². The number of aliphatic imine (C=N–C) groups is 1. The number of benzene rings is 1. The van der Waals surface area contributed by atoms with Crippen molar-refractivity contribution in [1.82, 2.24) is 4.98 Å². The van der Waals surface area contributed by atoms with Gasteiger partial charge in [0.05, 0.1) is 12.0 Å². The van der Waals surface area contributed by atoms with E-state index in [-0.39, 0.29) is 0 Å². The van der Waals surface area contributed by atoms with E-state index in [0.717, 1.165) is 5.56 Å². The Kier molecular flexibility index (Phi) is 3.83. The summed E-state index contributed by atoms with van der Waals surface area (Å²) < 4.78 is 37.0. The maximum Gasteiger partial charge on any atom is 0.240 e. The van der Waals surface area contributed by atoms with E-state index >= 15 is 0 Å². The van der Waals surface area contributed by atoms with Crippen molar-refractivity contribution < 1.29 is 12.8 Å². The van der Waals surface area contributed by atoms with Crippen molar-refractivity contribution in [2.24, 2.45) is 10.1 Å². The third-order valence-corrected chi connectivity index (χ3v) is 4.79. The van der Waals surface area contributed by atoms with Crippen LogP contribution < -0.4 is 5.14 Å². The van der Waals surface area contributed by atoms with Crippen molar-refractivity contribution in [3.63, 3.8) is 0 Å². The molecule has 23 heavy (non-hydrogen) atoms. The molecule has 0 spiro atoms. The van der Waals surface area contributed by atoms with E-state index in [0.29, 0.717) is 12.1 Å². The van der Waals surface area contributed by atoms with Crippen LogP contribution >= 0.6 is 0 Å². The van der Waals surface area contributed by atoms with E-state index < -0.39 is 26.2 Å². The van der Waals surface area contributed by atoms with Gasteiger partial charge in [0.2, 0.25) is 10.0 Å². The van der Waals surface area contributed by atoms with Gasteiger partial charge in [-0.3, -0.25) is 9.98 Å². The molecule has 2 aromatic rings. The molecule has 3 rings (SSSR count). The van der Waals surface area contributed by atoms with Crippen LogP contribution in [-0.4, -0.2) is 26.2 Å². The summed E-state index contributed by atoms with van der Waals surface area (Å²) in [7, 11) is -4.10. The first kappa shape index (κ1) is 15.5. The van der Waals surface area contributed by atoms with Crippen LogP contribution in [0.15, 0.2) is 64.8 Å². The quantitative estimate of drug-likeness (QED) is 0.930. The van der Waals surface area contributed by atoms with Gasteiger partial charge in [-0.2, -0.15) is 0 Å². The van der Waals surface area contributed by atoms with Gasteiger partial charge in [0.1, 0.15) is 10.7 Å². The molecule has 7 heteroatoms. The first-order valence-electron chi connectivity index (χ1n) is 6.84. The summed E-state index contributed by atoms with van der Waals surface area (Å²) >= 11 is 0. The van der Waals surface area contributed by atoms with E-state index in [4.69, 9.17) is 5.14 Å². The largest absolute Gasteiger partial charge is 0.292 e. The van der Waals surface area contributed by atoms with Crippen molar-refractivity contribution in [3.8, 4) is 0 Å². The monoisotopic (exact) mass is 331 g/mol. The fourth-order valence-corrected chi connectivity index (χ4v) is 3.28. The van der Waals surface area contributed by atoms with Gasteiger partial charge in [-0.1, -0.05) is 18.2 Å². The molecule has 118 valence electrons. The van der Waals surface area contributed by atoms with Crippen molar-refractivity contribution in [2.75, 3.05) is 6.54 Å². The van der Waals surface area contributed by atoms with Gasteiger partial charge >= 0.3 is 0 Å². The summed E-state index contributed by atoms with van der Waals surface area (Å²) in [4.78, 5) is 7.87. The van der Waals surface area contributed by atoms with Gasteiger partial charge < -0.3 is 0 Å². The Morgan fingerprint density at radius 2 is 2.04 bits per heavy atom. The lowest BCUT2D eigenvalue weighted by atomic mass is 9.74. The molecule has 0 radical (unpaired) electrons. The Hall–Kier alpha value is -2.38. The number of pyridine rings is 1. The molecule has 1 aromatic heterocycles. The minimum absolute atomic E-state index is 0.378. The van der Waals surface area contributed by atoms with E-state index in [1.807, 2.05) is 12.1 Å². The van der Waals surface area contributed by atoms with Gasteiger partial charge in [0.25, 0.3) is 0 Å². The van der Waals surface area contributed by atoms with Crippen molar-refractivity contribution in [1.29, 1.82) is 0 Å². The van der Waals surface area contributed by atoms with Gasteiger partial charge in [-0.05, 0) is 35.4 Å². The summed E-state index contributed by atoms with van der Waals surface area (Å²) in [5.74, 6) is -0.879. The minimum Gasteiger partial charge on any atom is -0.292 e. The Bertz CT molecular complexity index is 895. The van der Waals surface area contributed by atoms with Crippen LogP contribution in [0.1, 0.15) is 11.1 Å². The highest BCUT2D eigenvalue weighted by molar-refractivity contribution is 7.89. The second kappa shape index (κ2) is 5.68. The molecule has 0 amide bonds. The Morgan fingerprint density at radius 1 is 1.22 bits per heavy atom. The molecule has 0 saturated heterocycles. The van der Waals surface area contributed by atoms with Crippen LogP contribution in [0.25, 0.3) is 0 Å². The maximum absolute atomic E-state index is 14.2. The number of nitrogens with zero attached hydrogens (tertiary/aromatic N) is 2. The van der Waals surface area contributed by atoms with Gasteiger partial charge in [-0.25, -0.2) is 17.9 Å². The summed E-state index contributed by atoms with van der Waals surface area (Å²) in [5, 5.41) is 5.01. The number of nitrogens with two attached hydrogens (primary N) is 1. The molecule has 1 aliphatic heterocycles. The topological polar surface area (TPSA) is 85.4 Å². The lowest BCUT2D eigenvalue weighted by Gasteiger charge is -2.31. The smallest absolute Gasteiger partial charge is 0.240 e. The van der Waals surface area contributed by atoms with E-state index in [1.54, 1.807) is 36.8 Å². The number of hydrogen-bond donors (Lipinski definition) is 1. The molecule has 1 unspecified atom stereocenters. The zero-order valence-electron chi connectivity index (χ0n) is 12.1. The second-order valence-corrected chi connectivity index (χ2v) is 6.78. The van der Waals surface area contributed by atoms with Gasteiger partial charge in [0, 0.05) is 18.6 Å². The third-order valence-electron chi connectivity index (χ3n) is 3.84. The highest BCUT2D eigenvalue weighted by Crippen LogP contribution is 2.36. The van der Waals surface area contributed by atoms with Crippen LogP contribution in [0, 0.1) is 5.82 Å². The molecule has 1 atom stereocenters. The number of allylic oxidation sites excluding steroid dienone is 1. The standard InChI is InChI=1S/C16H14FN3O2S/c17-14-9-12(4-5-15(14)23(18,21)22)16(6-2-8-20-11-16)13-3-1-7-19-10-13/h1-10H,11H2,(H2,18,21,22). The average molecular weight is 331 g/mol. The molecule has 0 saturated carbocycles.